The average molecular weight is 1470 g/mol. The molecule has 7 heterocycles. The van der Waals surface area contributed by atoms with Gasteiger partial charge in [0.15, 0.2) is 34.9 Å². The van der Waals surface area contributed by atoms with Crippen LogP contribution in [0.2, 0.25) is 0 Å². The SMILES string of the molecule is CC1(C)c2ccccc2-c2cc3c4ccccc4n(-c4ccc5oc6cccc(-c7nc(-c8ccccc8)nc(-c8ccc(-c9ccc(-c%10nc(-c%11ccccc%11)nc(-c%11ccc%12sc%13ccccc%13c%12c%11)n%10)c%10c9oc9ccc(-n%11c%12ccccc%12c%12cc%13c(cc%12%11)C(C)(C)c%11ccccc%11-%13)cc9%10)cc8)n7)c6c5c4)c3cc21. The number of hydrogen-bond acceptors (Lipinski definition) is 9. The number of benzene rings is 15. The van der Waals surface area contributed by atoms with E-state index in [0.717, 1.165) is 116 Å². The molecule has 0 saturated carbocycles. The van der Waals surface area contributed by atoms with E-state index in [1.165, 1.54) is 86.2 Å². The molecule has 22 aromatic rings. The van der Waals surface area contributed by atoms with Crippen molar-refractivity contribution in [3.8, 4) is 113 Å². The highest BCUT2D eigenvalue weighted by atomic mass is 32.1. The highest BCUT2D eigenvalue weighted by molar-refractivity contribution is 7.25. The molecular formula is C102H64N8O2S. The van der Waals surface area contributed by atoms with Crippen molar-refractivity contribution in [2.24, 2.45) is 0 Å². The summed E-state index contributed by atoms with van der Waals surface area (Å²) in [7, 11) is 0. The molecule has 11 heteroatoms. The van der Waals surface area contributed by atoms with E-state index >= 15 is 0 Å². The summed E-state index contributed by atoms with van der Waals surface area (Å²) in [5, 5.41) is 10.9. The minimum Gasteiger partial charge on any atom is -0.456 e. The molecule has 24 rings (SSSR count). The molecule has 113 heavy (non-hydrogen) atoms. The molecule has 2 aliphatic carbocycles. The van der Waals surface area contributed by atoms with Gasteiger partial charge in [-0.05, 0) is 165 Å². The van der Waals surface area contributed by atoms with Crippen molar-refractivity contribution < 1.29 is 8.83 Å². The van der Waals surface area contributed by atoms with Gasteiger partial charge in [0.05, 0.1) is 22.1 Å². The molecule has 7 aromatic heterocycles. The Morgan fingerprint density at radius 2 is 0.690 bits per heavy atom. The van der Waals surface area contributed by atoms with Crippen molar-refractivity contribution in [2.45, 2.75) is 38.5 Å². The van der Waals surface area contributed by atoms with Gasteiger partial charge in [0.25, 0.3) is 0 Å². The smallest absolute Gasteiger partial charge is 0.164 e. The second-order valence-corrected chi connectivity index (χ2v) is 32.3. The molecule has 2 aliphatic rings. The van der Waals surface area contributed by atoms with Crippen molar-refractivity contribution in [3.63, 3.8) is 0 Å². The van der Waals surface area contributed by atoms with Gasteiger partial charge in [-0.2, -0.15) is 0 Å². The molecule has 0 saturated heterocycles. The molecule has 0 aliphatic heterocycles. The molecule has 530 valence electrons. The van der Waals surface area contributed by atoms with Gasteiger partial charge in [-0.25, -0.2) is 29.9 Å². The van der Waals surface area contributed by atoms with Crippen LogP contribution in [0, 0.1) is 0 Å². The Kier molecular flexibility index (Phi) is 13.3. The topological polar surface area (TPSA) is 113 Å². The number of nitrogens with zero attached hydrogens (tertiary/aromatic N) is 8. The van der Waals surface area contributed by atoms with Crippen LogP contribution in [-0.4, -0.2) is 39.0 Å². The molecule has 0 amide bonds. The minimum atomic E-state index is -0.205. The summed E-state index contributed by atoms with van der Waals surface area (Å²) < 4.78 is 21.5. The summed E-state index contributed by atoms with van der Waals surface area (Å²) in [6.45, 7) is 9.41. The van der Waals surface area contributed by atoms with Crippen LogP contribution in [0.3, 0.4) is 0 Å². The average Bonchev–Trinajstić information content (AvgIpc) is 1.55. The van der Waals surface area contributed by atoms with E-state index in [4.69, 9.17) is 38.7 Å². The molecule has 0 radical (unpaired) electrons. The fourth-order valence-electron chi connectivity index (χ4n) is 18.8. The van der Waals surface area contributed by atoms with Crippen molar-refractivity contribution in [1.29, 1.82) is 0 Å². The van der Waals surface area contributed by atoms with Gasteiger partial charge in [-0.1, -0.05) is 228 Å². The Morgan fingerprint density at radius 3 is 1.28 bits per heavy atom. The lowest BCUT2D eigenvalue weighted by Gasteiger charge is -2.21. The fraction of sp³-hybridized carbons (Fsp3) is 0.0588. The normalized spacial score (nSPS) is 13.5. The quantitative estimate of drug-likeness (QED) is 0.140. The van der Waals surface area contributed by atoms with E-state index in [2.05, 4.69) is 304 Å². The number of fused-ring (bicyclic) bond motifs is 21. The van der Waals surface area contributed by atoms with Gasteiger partial charge in [0.1, 0.15) is 22.3 Å². The van der Waals surface area contributed by atoms with Crippen LogP contribution in [0.15, 0.2) is 324 Å². The van der Waals surface area contributed by atoms with E-state index in [1.54, 1.807) is 11.3 Å². The van der Waals surface area contributed by atoms with Gasteiger partial charge < -0.3 is 18.0 Å². The van der Waals surface area contributed by atoms with E-state index in [9.17, 15) is 0 Å². The Labute approximate surface area is 651 Å². The van der Waals surface area contributed by atoms with E-state index in [0.29, 0.717) is 40.5 Å². The molecular weight excluding hydrogens is 1400 g/mol. The molecule has 0 N–H and O–H groups in total. The number of hydrogen-bond donors (Lipinski definition) is 0. The Hall–Kier alpha value is -14.3. The van der Waals surface area contributed by atoms with Crippen LogP contribution in [0.5, 0.6) is 0 Å². The first-order valence-electron chi connectivity index (χ1n) is 38.5. The number of rotatable bonds is 9. The minimum absolute atomic E-state index is 0.173. The van der Waals surface area contributed by atoms with Crippen LogP contribution < -0.4 is 0 Å². The first kappa shape index (κ1) is 63.6. The Bertz CT molecular complexity index is 7870. The molecule has 0 spiro atoms. The predicted molar refractivity (Wildman–Crippen MR) is 463 cm³/mol. The lowest BCUT2D eigenvalue weighted by atomic mass is 9.82. The molecule has 0 bridgehead atoms. The van der Waals surface area contributed by atoms with Crippen molar-refractivity contribution in [2.75, 3.05) is 0 Å². The summed E-state index contributed by atoms with van der Waals surface area (Å²) >= 11 is 1.79. The predicted octanol–water partition coefficient (Wildman–Crippen LogP) is 26.7. The third-order valence-corrected chi connectivity index (χ3v) is 25.4. The highest BCUT2D eigenvalue weighted by Crippen LogP contribution is 2.54. The number of thiophene rings is 1. The monoisotopic (exact) mass is 1460 g/mol. The van der Waals surface area contributed by atoms with Crippen molar-refractivity contribution in [3.05, 3.63) is 338 Å². The summed E-state index contributed by atoms with van der Waals surface area (Å²) in [5.74, 6) is 3.28. The van der Waals surface area contributed by atoms with E-state index in [-0.39, 0.29) is 10.8 Å². The van der Waals surface area contributed by atoms with Gasteiger partial charge in [-0.3, -0.25) is 0 Å². The molecule has 15 aromatic carbocycles. The first-order valence-corrected chi connectivity index (χ1v) is 39.3. The van der Waals surface area contributed by atoms with Crippen LogP contribution in [0.4, 0.5) is 0 Å². The highest BCUT2D eigenvalue weighted by Gasteiger charge is 2.38. The van der Waals surface area contributed by atoms with Crippen LogP contribution in [0.25, 0.3) is 221 Å². The second kappa shape index (κ2) is 23.6. The first-order chi connectivity index (χ1) is 55.5. The van der Waals surface area contributed by atoms with Crippen molar-refractivity contribution >= 4 is 119 Å². The number of furan rings is 2. The fourth-order valence-corrected chi connectivity index (χ4v) is 19.9. The zero-order chi connectivity index (χ0) is 74.7. The third kappa shape index (κ3) is 9.40. The second-order valence-electron chi connectivity index (χ2n) is 31.2. The summed E-state index contributed by atoms with van der Waals surface area (Å²) in [6.07, 6.45) is 0. The Balaban J connectivity index is 0.672. The van der Waals surface area contributed by atoms with E-state index < -0.39 is 0 Å². The molecule has 0 unspecified atom stereocenters. The summed E-state index contributed by atoms with van der Waals surface area (Å²) in [4.78, 5) is 32.4. The van der Waals surface area contributed by atoms with Crippen LogP contribution >= 0.6 is 11.3 Å². The summed E-state index contributed by atoms with van der Waals surface area (Å²) in [6, 6.07) is 113. The maximum atomic E-state index is 7.36. The lowest BCUT2D eigenvalue weighted by molar-refractivity contribution is 0.661. The zero-order valence-corrected chi connectivity index (χ0v) is 62.6. The van der Waals surface area contributed by atoms with Gasteiger partial charge >= 0.3 is 0 Å². The standard InChI is InChI=1S/C102H64N8O2S/c1-101(2)79-32-16-11-26-65(79)72-53-74-67-28-13-18-34-83(67)109(85(74)55-81(72)101)62-43-47-87-77(51-62)92-70(31-21-36-89(92)111-87)99-105-95(58-22-7-5-8-23-58)103-97(107-99)60-40-38-57(39-41-60)64-45-46-71(100-106-96(59-24-9-6-10-25-59)104-98(108-100)61-42-49-91-76(50-61)69-30-15-20-37-90(69)113-91)93-78-52-63(44-48-88(78)112-94(64)93)110-84-35-19-14-29-68(84)75-54-73-66-27-12-17-33-80(66)102(3,4)82(73)56-86(75)110/h5-56H,1-4H3. The van der Waals surface area contributed by atoms with Crippen LogP contribution in [0.1, 0.15) is 49.9 Å². The third-order valence-electron chi connectivity index (χ3n) is 24.3. The number of aromatic nitrogens is 8. The number of para-hydroxylation sites is 2. The maximum Gasteiger partial charge on any atom is 0.164 e. The van der Waals surface area contributed by atoms with Crippen molar-refractivity contribution in [1.82, 2.24) is 39.0 Å². The van der Waals surface area contributed by atoms with Gasteiger partial charge in [0, 0.05) is 124 Å². The lowest BCUT2D eigenvalue weighted by Crippen LogP contribution is -2.14. The van der Waals surface area contributed by atoms with E-state index in [1.807, 2.05) is 48.5 Å². The van der Waals surface area contributed by atoms with Gasteiger partial charge in [-0.15, -0.1) is 11.3 Å². The molecule has 0 fully saturated rings. The molecule has 0 atom stereocenters. The molecule has 10 nitrogen and oxygen atoms in total. The zero-order valence-electron chi connectivity index (χ0n) is 61.8. The summed E-state index contributed by atoms with van der Waals surface area (Å²) in [5.41, 5.74) is 26.6. The Morgan fingerprint density at radius 1 is 0.248 bits per heavy atom. The maximum absolute atomic E-state index is 7.36. The largest absolute Gasteiger partial charge is 0.456 e. The van der Waals surface area contributed by atoms with Crippen LogP contribution in [-0.2, 0) is 10.8 Å². The van der Waals surface area contributed by atoms with Gasteiger partial charge in [0.2, 0.25) is 0 Å².